The van der Waals surface area contributed by atoms with Crippen LogP contribution < -0.4 is 0 Å². The standard InChI is InChI=1S/C26H27FO4/c27-26-25(30-18-22-14-8-3-9-15-22)24(29-17-21-12-6-2-7-13-21)23(31-26)19-28-16-20-10-4-1-5-11-20/h1-15,23-26H,16-19H2/t23-,24-,25+,26+/m1/s1. The molecule has 0 unspecified atom stereocenters. The van der Waals surface area contributed by atoms with Crippen molar-refractivity contribution in [2.75, 3.05) is 6.61 Å². The Kier molecular flexibility index (Phi) is 7.80. The van der Waals surface area contributed by atoms with Gasteiger partial charge < -0.3 is 18.9 Å². The normalized spacial score (nSPS) is 23.1. The van der Waals surface area contributed by atoms with E-state index in [2.05, 4.69) is 0 Å². The number of alkyl halides is 1. The van der Waals surface area contributed by atoms with Crippen molar-refractivity contribution in [1.29, 1.82) is 0 Å². The molecule has 3 aromatic carbocycles. The lowest BCUT2D eigenvalue weighted by molar-refractivity contribution is -0.110. The zero-order valence-electron chi connectivity index (χ0n) is 17.3. The summed E-state index contributed by atoms with van der Waals surface area (Å²) in [5.74, 6) is 0. The first-order chi connectivity index (χ1) is 15.3. The molecule has 0 N–H and O–H groups in total. The van der Waals surface area contributed by atoms with Crippen LogP contribution >= 0.6 is 0 Å². The van der Waals surface area contributed by atoms with Gasteiger partial charge in [0.25, 0.3) is 0 Å². The summed E-state index contributed by atoms with van der Waals surface area (Å²) >= 11 is 0. The Morgan fingerprint density at radius 3 is 1.58 bits per heavy atom. The van der Waals surface area contributed by atoms with E-state index in [9.17, 15) is 4.39 Å². The van der Waals surface area contributed by atoms with Gasteiger partial charge in [-0.2, -0.15) is 0 Å². The van der Waals surface area contributed by atoms with Crippen LogP contribution in [0.25, 0.3) is 0 Å². The third-order valence-electron chi connectivity index (χ3n) is 5.22. The quantitative estimate of drug-likeness (QED) is 0.457. The largest absolute Gasteiger partial charge is 0.374 e. The number of halogens is 1. The lowest BCUT2D eigenvalue weighted by Gasteiger charge is -2.23. The molecule has 0 amide bonds. The molecule has 0 bridgehead atoms. The van der Waals surface area contributed by atoms with Gasteiger partial charge in [-0.05, 0) is 16.7 Å². The molecular formula is C26H27FO4. The topological polar surface area (TPSA) is 36.9 Å². The molecule has 3 aromatic rings. The minimum absolute atomic E-state index is 0.222. The van der Waals surface area contributed by atoms with Crippen molar-refractivity contribution in [2.45, 2.75) is 44.5 Å². The summed E-state index contributed by atoms with van der Waals surface area (Å²) in [6.07, 6.45) is -3.53. The summed E-state index contributed by atoms with van der Waals surface area (Å²) in [5.41, 5.74) is 3.03. The van der Waals surface area contributed by atoms with Gasteiger partial charge in [-0.1, -0.05) is 91.0 Å². The van der Waals surface area contributed by atoms with Crippen molar-refractivity contribution in [2.24, 2.45) is 0 Å². The molecule has 0 spiro atoms. The molecule has 1 saturated heterocycles. The van der Waals surface area contributed by atoms with Gasteiger partial charge in [0.05, 0.1) is 26.4 Å². The van der Waals surface area contributed by atoms with Gasteiger partial charge in [-0.3, -0.25) is 0 Å². The molecule has 4 nitrogen and oxygen atoms in total. The van der Waals surface area contributed by atoms with Gasteiger partial charge in [0, 0.05) is 0 Å². The summed E-state index contributed by atoms with van der Waals surface area (Å²) in [7, 11) is 0. The molecule has 31 heavy (non-hydrogen) atoms. The number of benzene rings is 3. The first-order valence-corrected chi connectivity index (χ1v) is 10.5. The lowest BCUT2D eigenvalue weighted by Crippen LogP contribution is -2.38. The molecule has 1 aliphatic heterocycles. The van der Waals surface area contributed by atoms with Crippen LogP contribution in [0.5, 0.6) is 0 Å². The highest BCUT2D eigenvalue weighted by atomic mass is 19.1. The molecule has 0 saturated carbocycles. The Morgan fingerprint density at radius 2 is 1.06 bits per heavy atom. The zero-order valence-corrected chi connectivity index (χ0v) is 17.3. The van der Waals surface area contributed by atoms with E-state index in [1.165, 1.54) is 0 Å². The number of hydrogen-bond donors (Lipinski definition) is 0. The second-order valence-electron chi connectivity index (χ2n) is 7.55. The summed E-state index contributed by atoms with van der Waals surface area (Å²) in [6, 6.07) is 29.4. The molecule has 5 heteroatoms. The first kappa shape index (κ1) is 21.7. The number of rotatable bonds is 10. The van der Waals surface area contributed by atoms with Crippen LogP contribution in [-0.4, -0.2) is 31.3 Å². The summed E-state index contributed by atoms with van der Waals surface area (Å²) < 4.78 is 38.2. The average Bonchev–Trinajstić information content (AvgIpc) is 3.12. The van der Waals surface area contributed by atoms with Crippen molar-refractivity contribution in [3.05, 3.63) is 108 Å². The summed E-state index contributed by atoms with van der Waals surface area (Å²) in [4.78, 5) is 0. The molecule has 4 atom stereocenters. The second kappa shape index (κ2) is 11.2. The van der Waals surface area contributed by atoms with E-state index >= 15 is 0 Å². The average molecular weight is 422 g/mol. The van der Waals surface area contributed by atoms with Crippen LogP contribution in [0, 0.1) is 0 Å². The van der Waals surface area contributed by atoms with Crippen molar-refractivity contribution in [1.82, 2.24) is 0 Å². The molecule has 0 radical (unpaired) electrons. The van der Waals surface area contributed by atoms with Gasteiger partial charge in [0.2, 0.25) is 6.36 Å². The fourth-order valence-corrected chi connectivity index (χ4v) is 3.59. The monoisotopic (exact) mass is 422 g/mol. The van der Waals surface area contributed by atoms with Crippen LogP contribution in [0.4, 0.5) is 4.39 Å². The second-order valence-corrected chi connectivity index (χ2v) is 7.55. The van der Waals surface area contributed by atoms with Gasteiger partial charge in [-0.25, -0.2) is 4.39 Å². The molecule has 0 aliphatic carbocycles. The zero-order chi connectivity index (χ0) is 21.3. The van der Waals surface area contributed by atoms with Gasteiger partial charge in [0.15, 0.2) is 0 Å². The molecule has 1 heterocycles. The summed E-state index contributed by atoms with van der Waals surface area (Å²) in [6.45, 7) is 1.29. The van der Waals surface area contributed by atoms with Crippen molar-refractivity contribution in [3.63, 3.8) is 0 Å². The third-order valence-corrected chi connectivity index (χ3v) is 5.22. The van der Waals surface area contributed by atoms with Crippen LogP contribution in [0.2, 0.25) is 0 Å². The lowest BCUT2D eigenvalue weighted by atomic mass is 10.1. The predicted molar refractivity (Wildman–Crippen MR) is 116 cm³/mol. The molecule has 1 fully saturated rings. The van der Waals surface area contributed by atoms with Crippen molar-refractivity contribution in [3.8, 4) is 0 Å². The SMILES string of the molecule is F[C@H]1O[C@H](COCc2ccccc2)[C@@H](OCc2ccccc2)[C@@H]1OCc1ccccc1. The molecule has 4 rings (SSSR count). The Morgan fingerprint density at radius 1 is 0.613 bits per heavy atom. The molecule has 1 aliphatic rings. The van der Waals surface area contributed by atoms with E-state index in [0.29, 0.717) is 13.2 Å². The Hall–Kier alpha value is -2.57. The van der Waals surface area contributed by atoms with Crippen molar-refractivity contribution < 1.29 is 23.3 Å². The van der Waals surface area contributed by atoms with Gasteiger partial charge in [-0.15, -0.1) is 0 Å². The van der Waals surface area contributed by atoms with Gasteiger partial charge >= 0.3 is 0 Å². The third kappa shape index (κ3) is 6.21. The number of hydrogen-bond acceptors (Lipinski definition) is 4. The molecular weight excluding hydrogens is 395 g/mol. The maximum atomic E-state index is 14.8. The fraction of sp³-hybridized carbons (Fsp3) is 0.308. The van der Waals surface area contributed by atoms with Crippen molar-refractivity contribution >= 4 is 0 Å². The fourth-order valence-electron chi connectivity index (χ4n) is 3.59. The predicted octanol–water partition coefficient (Wildman–Crippen LogP) is 5.07. The Balaban J connectivity index is 1.39. The van der Waals surface area contributed by atoms with E-state index in [4.69, 9.17) is 18.9 Å². The van der Waals surface area contributed by atoms with Gasteiger partial charge in [0.1, 0.15) is 18.3 Å². The maximum absolute atomic E-state index is 14.8. The van der Waals surface area contributed by atoms with Crippen LogP contribution in [0.1, 0.15) is 16.7 Å². The number of ether oxygens (including phenoxy) is 4. The van der Waals surface area contributed by atoms with E-state index in [0.717, 1.165) is 16.7 Å². The van der Waals surface area contributed by atoms with E-state index < -0.39 is 24.7 Å². The van der Waals surface area contributed by atoms with Crippen LogP contribution in [0.15, 0.2) is 91.0 Å². The first-order valence-electron chi connectivity index (χ1n) is 10.5. The minimum Gasteiger partial charge on any atom is -0.374 e. The van der Waals surface area contributed by atoms with E-state index in [-0.39, 0.29) is 13.2 Å². The highest BCUT2D eigenvalue weighted by Crippen LogP contribution is 2.29. The highest BCUT2D eigenvalue weighted by molar-refractivity contribution is 5.15. The Labute approximate surface area is 182 Å². The smallest absolute Gasteiger partial charge is 0.228 e. The summed E-state index contributed by atoms with van der Waals surface area (Å²) in [5, 5.41) is 0. The Bertz CT molecular complexity index is 891. The van der Waals surface area contributed by atoms with Crippen LogP contribution in [-0.2, 0) is 38.8 Å². The highest BCUT2D eigenvalue weighted by Gasteiger charge is 2.47. The molecule has 162 valence electrons. The minimum atomic E-state index is -1.57. The van der Waals surface area contributed by atoms with Crippen LogP contribution in [0.3, 0.4) is 0 Å². The maximum Gasteiger partial charge on any atom is 0.228 e. The van der Waals surface area contributed by atoms with E-state index in [1.54, 1.807) is 0 Å². The van der Waals surface area contributed by atoms with E-state index in [1.807, 2.05) is 91.0 Å². The molecule has 0 aromatic heterocycles.